The molecule has 2 amide bonds. The molecular formula is C22H30N6O2. The van der Waals surface area contributed by atoms with Gasteiger partial charge in [0.15, 0.2) is 0 Å². The lowest BCUT2D eigenvalue weighted by atomic mass is 9.86. The number of carbonyl (C=O) groups is 2. The summed E-state index contributed by atoms with van der Waals surface area (Å²) >= 11 is 0. The van der Waals surface area contributed by atoms with E-state index in [1.54, 1.807) is 6.08 Å². The highest BCUT2D eigenvalue weighted by atomic mass is 16.2. The van der Waals surface area contributed by atoms with Crippen molar-refractivity contribution in [2.45, 2.75) is 44.4 Å². The quantitative estimate of drug-likeness (QED) is 0.722. The number of likely N-dealkylation sites (N-methyl/N-ethyl adjacent to an activating group) is 1. The van der Waals surface area contributed by atoms with Gasteiger partial charge < -0.3 is 15.1 Å². The number of hydrazine groups is 1. The molecule has 0 radical (unpaired) electrons. The summed E-state index contributed by atoms with van der Waals surface area (Å²) in [7, 11) is 1.99. The molecule has 2 unspecified atom stereocenters. The van der Waals surface area contributed by atoms with E-state index < -0.39 is 0 Å². The van der Waals surface area contributed by atoms with Gasteiger partial charge in [-0.2, -0.15) is 0 Å². The van der Waals surface area contributed by atoms with Crippen LogP contribution in [0.25, 0.3) is 0 Å². The van der Waals surface area contributed by atoms with Gasteiger partial charge in [0.1, 0.15) is 12.7 Å². The molecule has 1 saturated carbocycles. The third-order valence-electron chi connectivity index (χ3n) is 7.04. The molecule has 0 aromatic rings. The number of rotatable bonds is 4. The molecule has 4 heterocycles. The zero-order valence-electron chi connectivity index (χ0n) is 17.5. The second-order valence-corrected chi connectivity index (χ2v) is 9.10. The van der Waals surface area contributed by atoms with E-state index in [-0.39, 0.29) is 30.7 Å². The Kier molecular flexibility index (Phi) is 4.91. The number of amides is 2. The predicted molar refractivity (Wildman–Crippen MR) is 113 cm³/mol. The van der Waals surface area contributed by atoms with Gasteiger partial charge >= 0.3 is 0 Å². The molecule has 0 bridgehead atoms. The molecule has 1 spiro atoms. The number of likely N-dealkylation sites (tertiary alicyclic amines) is 1. The van der Waals surface area contributed by atoms with Crippen molar-refractivity contribution < 1.29 is 9.59 Å². The number of hydrogen-bond donors (Lipinski definition) is 2. The summed E-state index contributed by atoms with van der Waals surface area (Å²) in [4.78, 5) is 31.5. The van der Waals surface area contributed by atoms with Crippen LogP contribution in [-0.4, -0.2) is 70.5 Å². The fraction of sp³-hybridized carbons (Fsp3) is 0.545. The summed E-state index contributed by atoms with van der Waals surface area (Å²) in [5.74, 6) is -0.396. The second kappa shape index (κ2) is 7.59. The van der Waals surface area contributed by atoms with Gasteiger partial charge in [0.05, 0.1) is 6.17 Å². The lowest BCUT2D eigenvalue weighted by Gasteiger charge is -2.35. The lowest BCUT2D eigenvalue weighted by molar-refractivity contribution is -0.137. The highest BCUT2D eigenvalue weighted by molar-refractivity contribution is 5.92. The maximum Gasteiger partial charge on any atom is 0.261 e. The lowest BCUT2D eigenvalue weighted by Crippen LogP contribution is -2.58. The topological polar surface area (TPSA) is 71.2 Å². The molecule has 1 aliphatic carbocycles. The Balaban J connectivity index is 1.17. The normalized spacial score (nSPS) is 29.8. The van der Waals surface area contributed by atoms with Crippen LogP contribution in [0.4, 0.5) is 0 Å². The summed E-state index contributed by atoms with van der Waals surface area (Å²) < 4.78 is 0. The average molecular weight is 411 g/mol. The van der Waals surface area contributed by atoms with Crippen LogP contribution >= 0.6 is 0 Å². The third kappa shape index (κ3) is 3.65. The van der Waals surface area contributed by atoms with Crippen LogP contribution in [0.15, 0.2) is 48.6 Å². The van der Waals surface area contributed by atoms with Crippen molar-refractivity contribution in [3.8, 4) is 0 Å². The minimum atomic E-state index is -0.212. The summed E-state index contributed by atoms with van der Waals surface area (Å²) in [5.41, 5.74) is 4.48. The van der Waals surface area contributed by atoms with Gasteiger partial charge in [-0.25, -0.2) is 5.43 Å². The smallest absolute Gasteiger partial charge is 0.261 e. The van der Waals surface area contributed by atoms with Gasteiger partial charge in [-0.05, 0) is 42.9 Å². The van der Waals surface area contributed by atoms with Gasteiger partial charge in [0, 0.05) is 50.5 Å². The SMILES string of the molecule is CN1C=CN2C=CC(NC(=O)CN3NC(N4CCC5(CCCC5)C4)C=CC3=O)=CC12. The highest BCUT2D eigenvalue weighted by Crippen LogP contribution is 2.45. The van der Waals surface area contributed by atoms with Gasteiger partial charge in [0.2, 0.25) is 5.91 Å². The number of carbonyl (C=O) groups excluding carboxylic acids is 2. The number of nitrogens with zero attached hydrogens (tertiary/aromatic N) is 4. The van der Waals surface area contributed by atoms with E-state index in [9.17, 15) is 9.59 Å². The van der Waals surface area contributed by atoms with Gasteiger partial charge in [-0.3, -0.25) is 19.5 Å². The molecule has 30 heavy (non-hydrogen) atoms. The number of hydrogen-bond acceptors (Lipinski definition) is 6. The molecule has 0 aromatic carbocycles. The molecule has 2 atom stereocenters. The number of nitrogens with one attached hydrogen (secondary N) is 2. The van der Waals surface area contributed by atoms with Crippen LogP contribution in [-0.2, 0) is 9.59 Å². The highest BCUT2D eigenvalue weighted by Gasteiger charge is 2.42. The molecule has 160 valence electrons. The van der Waals surface area contributed by atoms with Gasteiger partial charge in [0.25, 0.3) is 5.91 Å². The van der Waals surface area contributed by atoms with E-state index in [2.05, 4.69) is 25.4 Å². The van der Waals surface area contributed by atoms with E-state index in [0.717, 1.165) is 18.8 Å². The fourth-order valence-electron chi connectivity index (χ4n) is 5.32. The Morgan fingerprint density at radius 2 is 2.03 bits per heavy atom. The van der Waals surface area contributed by atoms with Crippen molar-refractivity contribution >= 4 is 11.8 Å². The molecule has 8 heteroatoms. The van der Waals surface area contributed by atoms with Crippen LogP contribution in [0.1, 0.15) is 32.1 Å². The van der Waals surface area contributed by atoms with Crippen molar-refractivity contribution in [1.29, 1.82) is 0 Å². The van der Waals surface area contributed by atoms with E-state index in [1.165, 1.54) is 37.1 Å². The molecule has 2 fully saturated rings. The Hall–Kier alpha value is -2.58. The van der Waals surface area contributed by atoms with Gasteiger partial charge in [-0.1, -0.05) is 12.8 Å². The zero-order chi connectivity index (χ0) is 20.7. The van der Waals surface area contributed by atoms with E-state index in [1.807, 2.05) is 43.9 Å². The molecule has 0 aromatic heterocycles. The number of allylic oxidation sites excluding steroid dienone is 1. The first-order chi connectivity index (χ1) is 14.5. The van der Waals surface area contributed by atoms with Crippen molar-refractivity contribution in [2.75, 3.05) is 26.7 Å². The summed E-state index contributed by atoms with van der Waals surface area (Å²) in [6.45, 7) is 2.08. The maximum absolute atomic E-state index is 12.6. The Labute approximate surface area is 177 Å². The van der Waals surface area contributed by atoms with Crippen molar-refractivity contribution in [3.05, 3.63) is 48.6 Å². The van der Waals surface area contributed by atoms with Crippen molar-refractivity contribution in [1.82, 2.24) is 30.5 Å². The number of fused-ring (bicyclic) bond motifs is 1. The third-order valence-corrected chi connectivity index (χ3v) is 7.04. The molecule has 4 aliphatic heterocycles. The molecule has 5 rings (SSSR count). The molecule has 5 aliphatic rings. The predicted octanol–water partition coefficient (Wildman–Crippen LogP) is 1.05. The molecule has 2 N–H and O–H groups in total. The summed E-state index contributed by atoms with van der Waals surface area (Å²) in [5, 5.41) is 4.36. The maximum atomic E-state index is 12.6. The van der Waals surface area contributed by atoms with Crippen LogP contribution in [0.3, 0.4) is 0 Å². The first-order valence-electron chi connectivity index (χ1n) is 10.9. The summed E-state index contributed by atoms with van der Waals surface area (Å²) in [6.07, 6.45) is 19.9. The second-order valence-electron chi connectivity index (χ2n) is 9.10. The molecule has 8 nitrogen and oxygen atoms in total. The van der Waals surface area contributed by atoms with E-state index >= 15 is 0 Å². The van der Waals surface area contributed by atoms with Crippen molar-refractivity contribution in [3.63, 3.8) is 0 Å². The Bertz CT molecular complexity index is 841. The largest absolute Gasteiger partial charge is 0.355 e. The van der Waals surface area contributed by atoms with Crippen LogP contribution < -0.4 is 10.7 Å². The van der Waals surface area contributed by atoms with Gasteiger partial charge in [-0.15, -0.1) is 0 Å². The minimum absolute atomic E-state index is 0.0215. The van der Waals surface area contributed by atoms with Crippen LogP contribution in [0.2, 0.25) is 0 Å². The molecule has 1 saturated heterocycles. The standard InChI is InChI=1S/C22H30N6O2/c1-25-12-13-26-10-6-17(14-20(25)26)23-19(29)15-28-21(30)5-4-18(24-28)27-11-9-22(16-27)7-2-3-8-22/h4-6,10,12-14,18,20,24H,2-3,7-9,11,15-16H2,1H3,(H,23,29). The fourth-order valence-corrected chi connectivity index (χ4v) is 5.32. The first kappa shape index (κ1) is 19.4. The van der Waals surface area contributed by atoms with E-state index in [0.29, 0.717) is 5.41 Å². The first-order valence-corrected chi connectivity index (χ1v) is 10.9. The monoisotopic (exact) mass is 410 g/mol. The van der Waals surface area contributed by atoms with Crippen molar-refractivity contribution in [2.24, 2.45) is 5.41 Å². The Morgan fingerprint density at radius 1 is 1.20 bits per heavy atom. The van der Waals surface area contributed by atoms with Crippen LogP contribution in [0, 0.1) is 5.41 Å². The summed E-state index contributed by atoms with van der Waals surface area (Å²) in [6, 6.07) is 0. The Morgan fingerprint density at radius 3 is 2.87 bits per heavy atom. The minimum Gasteiger partial charge on any atom is -0.355 e. The zero-order valence-corrected chi connectivity index (χ0v) is 17.5. The average Bonchev–Trinajstić information content (AvgIpc) is 3.46. The van der Waals surface area contributed by atoms with E-state index in [4.69, 9.17) is 0 Å². The molecular weight excluding hydrogens is 380 g/mol. The van der Waals surface area contributed by atoms with Crippen LogP contribution in [0.5, 0.6) is 0 Å².